The van der Waals surface area contributed by atoms with Crippen LogP contribution in [0, 0.1) is 0 Å². The van der Waals surface area contributed by atoms with Crippen LogP contribution in [0.25, 0.3) is 0 Å². The van der Waals surface area contributed by atoms with Crippen molar-refractivity contribution in [3.8, 4) is 0 Å². The number of halogens is 1. The Morgan fingerprint density at radius 3 is 2.92 bits per heavy atom. The number of carbonyl (C=O) groups excluding carboxylic acids is 1. The lowest BCUT2D eigenvalue weighted by molar-refractivity contribution is 0.0761. The van der Waals surface area contributed by atoms with Crippen molar-refractivity contribution in [3.05, 3.63) is 47.0 Å². The molecule has 1 saturated heterocycles. The van der Waals surface area contributed by atoms with Crippen LogP contribution in [0.5, 0.6) is 0 Å². The second kappa shape index (κ2) is 7.77. The molecule has 1 amide bonds. The van der Waals surface area contributed by atoms with E-state index in [4.69, 9.17) is 11.6 Å². The number of hydrogen-bond acceptors (Lipinski definition) is 4. The number of aromatic nitrogens is 3. The van der Waals surface area contributed by atoms with Crippen molar-refractivity contribution in [1.82, 2.24) is 24.6 Å². The van der Waals surface area contributed by atoms with Crippen LogP contribution in [0.3, 0.4) is 0 Å². The van der Waals surface area contributed by atoms with Gasteiger partial charge in [-0.2, -0.15) is 5.10 Å². The number of carbonyl (C=O) groups is 1. The highest BCUT2D eigenvalue weighted by Gasteiger charge is 2.21. The zero-order valence-electron chi connectivity index (χ0n) is 13.9. The smallest absolute Gasteiger partial charge is 0.253 e. The Labute approximate surface area is 147 Å². The van der Waals surface area contributed by atoms with Crippen LogP contribution in [0.2, 0.25) is 5.02 Å². The molecule has 1 aromatic heterocycles. The van der Waals surface area contributed by atoms with Crippen molar-refractivity contribution < 1.29 is 4.79 Å². The maximum atomic E-state index is 12.7. The molecule has 0 spiro atoms. The minimum atomic E-state index is 0.0519. The number of aryl methyl sites for hydroxylation is 1. The van der Waals surface area contributed by atoms with Gasteiger partial charge >= 0.3 is 0 Å². The molecule has 24 heavy (non-hydrogen) atoms. The summed E-state index contributed by atoms with van der Waals surface area (Å²) in [5.74, 6) is 1.03. The summed E-state index contributed by atoms with van der Waals surface area (Å²) in [7, 11) is 0. The third-order valence-corrected chi connectivity index (χ3v) is 4.54. The van der Waals surface area contributed by atoms with Gasteiger partial charge in [-0.3, -0.25) is 9.69 Å². The third kappa shape index (κ3) is 3.94. The number of nitrogens with zero attached hydrogens (tertiary/aromatic N) is 5. The fraction of sp³-hybridized carbons (Fsp3) is 0.471. The standard InChI is InChI=1S/C17H22ClN5O/c1-2-23-16(19-13-20-23)12-21-7-4-8-22(10-9-21)17(24)14-5-3-6-15(18)11-14/h3,5-6,11,13H,2,4,7-10,12H2,1H3. The molecule has 7 heteroatoms. The van der Waals surface area contributed by atoms with Crippen LogP contribution >= 0.6 is 11.6 Å². The van der Waals surface area contributed by atoms with Gasteiger partial charge in [0.15, 0.2) is 0 Å². The van der Waals surface area contributed by atoms with Gasteiger partial charge in [0.2, 0.25) is 0 Å². The van der Waals surface area contributed by atoms with Crippen molar-refractivity contribution >= 4 is 17.5 Å². The monoisotopic (exact) mass is 347 g/mol. The molecule has 1 fully saturated rings. The van der Waals surface area contributed by atoms with Crippen LogP contribution < -0.4 is 0 Å². The molecule has 0 atom stereocenters. The summed E-state index contributed by atoms with van der Waals surface area (Å²) in [6.45, 7) is 6.92. The summed E-state index contributed by atoms with van der Waals surface area (Å²) in [6, 6.07) is 7.15. The predicted molar refractivity (Wildman–Crippen MR) is 92.9 cm³/mol. The molecule has 0 aliphatic carbocycles. The largest absolute Gasteiger partial charge is 0.337 e. The number of amides is 1. The van der Waals surface area contributed by atoms with Crippen LogP contribution in [0.15, 0.2) is 30.6 Å². The van der Waals surface area contributed by atoms with E-state index in [2.05, 4.69) is 21.9 Å². The van der Waals surface area contributed by atoms with E-state index < -0.39 is 0 Å². The molecule has 2 aromatic rings. The van der Waals surface area contributed by atoms with Gasteiger partial charge in [0.05, 0.1) is 6.54 Å². The lowest BCUT2D eigenvalue weighted by Crippen LogP contribution is -2.35. The highest BCUT2D eigenvalue weighted by atomic mass is 35.5. The van der Waals surface area contributed by atoms with Crippen molar-refractivity contribution in [3.63, 3.8) is 0 Å². The molecule has 0 bridgehead atoms. The first-order valence-electron chi connectivity index (χ1n) is 8.31. The average Bonchev–Trinajstić information content (AvgIpc) is 2.90. The van der Waals surface area contributed by atoms with E-state index in [-0.39, 0.29) is 5.91 Å². The molecule has 128 valence electrons. The maximum absolute atomic E-state index is 12.7. The van der Waals surface area contributed by atoms with Crippen molar-refractivity contribution in [2.75, 3.05) is 26.2 Å². The van der Waals surface area contributed by atoms with E-state index in [9.17, 15) is 4.79 Å². The van der Waals surface area contributed by atoms with Crippen molar-refractivity contribution in [2.24, 2.45) is 0 Å². The van der Waals surface area contributed by atoms with Gasteiger partial charge in [-0.05, 0) is 31.5 Å². The van der Waals surface area contributed by atoms with Crippen molar-refractivity contribution in [2.45, 2.75) is 26.4 Å². The Morgan fingerprint density at radius 2 is 2.12 bits per heavy atom. The molecule has 0 N–H and O–H groups in total. The van der Waals surface area contributed by atoms with Crippen LogP contribution in [0.4, 0.5) is 0 Å². The molecular weight excluding hydrogens is 326 g/mol. The SMILES string of the molecule is CCn1ncnc1CN1CCCN(C(=O)c2cccc(Cl)c2)CC1. The van der Waals surface area contributed by atoms with E-state index in [1.807, 2.05) is 21.7 Å². The van der Waals surface area contributed by atoms with Gasteiger partial charge in [-0.15, -0.1) is 0 Å². The summed E-state index contributed by atoms with van der Waals surface area (Å²) >= 11 is 6.00. The maximum Gasteiger partial charge on any atom is 0.253 e. The molecule has 0 unspecified atom stereocenters. The van der Waals surface area contributed by atoms with Crippen LogP contribution in [-0.4, -0.2) is 56.7 Å². The quantitative estimate of drug-likeness (QED) is 0.851. The first-order valence-corrected chi connectivity index (χ1v) is 8.69. The molecule has 0 radical (unpaired) electrons. The molecule has 2 heterocycles. The number of benzene rings is 1. The molecule has 1 aromatic carbocycles. The highest BCUT2D eigenvalue weighted by molar-refractivity contribution is 6.30. The second-order valence-electron chi connectivity index (χ2n) is 5.92. The van der Waals surface area contributed by atoms with Gasteiger partial charge in [0.1, 0.15) is 12.2 Å². The lowest BCUT2D eigenvalue weighted by Gasteiger charge is -2.22. The number of rotatable bonds is 4. The molecule has 0 saturated carbocycles. The van der Waals surface area contributed by atoms with Crippen LogP contribution in [-0.2, 0) is 13.1 Å². The van der Waals surface area contributed by atoms with Gasteiger partial charge < -0.3 is 4.90 Å². The topological polar surface area (TPSA) is 54.3 Å². The first-order chi connectivity index (χ1) is 11.7. The van der Waals surface area contributed by atoms with Crippen molar-refractivity contribution in [1.29, 1.82) is 0 Å². The summed E-state index contributed by atoms with van der Waals surface area (Å²) < 4.78 is 1.92. The zero-order valence-corrected chi connectivity index (χ0v) is 14.6. The van der Waals surface area contributed by atoms with Crippen LogP contribution in [0.1, 0.15) is 29.5 Å². The molecule has 6 nitrogen and oxygen atoms in total. The second-order valence-corrected chi connectivity index (χ2v) is 6.36. The van der Waals surface area contributed by atoms with Gasteiger partial charge in [-0.1, -0.05) is 17.7 Å². The lowest BCUT2D eigenvalue weighted by atomic mass is 10.2. The average molecular weight is 348 g/mol. The Hall–Kier alpha value is -1.92. The van der Waals surface area contributed by atoms with Gasteiger partial charge in [0.25, 0.3) is 5.91 Å². The Bertz CT molecular complexity index is 702. The van der Waals surface area contributed by atoms with Gasteiger partial charge in [-0.25, -0.2) is 9.67 Å². The van der Waals surface area contributed by atoms with E-state index in [1.165, 1.54) is 0 Å². The molecule has 1 aliphatic heterocycles. The summed E-state index contributed by atoms with van der Waals surface area (Å²) in [4.78, 5) is 21.2. The summed E-state index contributed by atoms with van der Waals surface area (Å²) in [5.41, 5.74) is 0.654. The van der Waals surface area contributed by atoms with E-state index in [0.29, 0.717) is 17.1 Å². The molecular formula is C17H22ClN5O. The van der Waals surface area contributed by atoms with E-state index in [1.54, 1.807) is 18.5 Å². The van der Waals surface area contributed by atoms with E-state index >= 15 is 0 Å². The molecule has 3 rings (SSSR count). The fourth-order valence-corrected chi connectivity index (χ4v) is 3.20. The predicted octanol–water partition coefficient (Wildman–Crippen LogP) is 2.30. The zero-order chi connectivity index (χ0) is 16.9. The van der Waals surface area contributed by atoms with E-state index in [0.717, 1.165) is 45.0 Å². The first kappa shape index (κ1) is 16.9. The Morgan fingerprint density at radius 1 is 1.25 bits per heavy atom. The minimum absolute atomic E-state index is 0.0519. The summed E-state index contributed by atoms with van der Waals surface area (Å²) in [6.07, 6.45) is 2.55. The Kier molecular flexibility index (Phi) is 5.48. The minimum Gasteiger partial charge on any atom is -0.337 e. The van der Waals surface area contributed by atoms with Gasteiger partial charge in [0, 0.05) is 43.3 Å². The third-order valence-electron chi connectivity index (χ3n) is 4.31. The summed E-state index contributed by atoms with van der Waals surface area (Å²) in [5, 5.41) is 4.81. The highest BCUT2D eigenvalue weighted by Crippen LogP contribution is 2.15. The number of hydrogen-bond donors (Lipinski definition) is 0. The fourth-order valence-electron chi connectivity index (χ4n) is 3.01. The molecule has 1 aliphatic rings. The normalized spacial score (nSPS) is 16.2. The Balaban J connectivity index is 1.61.